The summed E-state index contributed by atoms with van der Waals surface area (Å²) in [7, 11) is 1.33. The molecule has 0 aliphatic carbocycles. The van der Waals surface area contributed by atoms with Crippen LogP contribution >= 0.6 is 11.6 Å². The van der Waals surface area contributed by atoms with Crippen molar-refractivity contribution in [1.82, 2.24) is 0 Å². The highest BCUT2D eigenvalue weighted by atomic mass is 35.5. The SMILES string of the molecule is COc1cc(Cl)c(C=O)cc1F. The van der Waals surface area contributed by atoms with E-state index in [1.54, 1.807) is 0 Å². The minimum absolute atomic E-state index is 0.0330. The predicted octanol–water partition coefficient (Wildman–Crippen LogP) is 2.30. The van der Waals surface area contributed by atoms with Crippen molar-refractivity contribution in [3.63, 3.8) is 0 Å². The number of ether oxygens (including phenoxy) is 1. The van der Waals surface area contributed by atoms with Crippen molar-refractivity contribution in [1.29, 1.82) is 0 Å². The predicted molar refractivity (Wildman–Crippen MR) is 43.3 cm³/mol. The van der Waals surface area contributed by atoms with Crippen LogP contribution in [0.5, 0.6) is 5.75 Å². The van der Waals surface area contributed by atoms with Gasteiger partial charge in [0.15, 0.2) is 17.9 Å². The van der Waals surface area contributed by atoms with Crippen LogP contribution in [0.2, 0.25) is 5.02 Å². The van der Waals surface area contributed by atoms with E-state index in [0.717, 1.165) is 6.07 Å². The monoisotopic (exact) mass is 188 g/mol. The van der Waals surface area contributed by atoms with Gasteiger partial charge < -0.3 is 4.74 Å². The third kappa shape index (κ3) is 1.56. The number of carbonyl (C=O) groups excluding carboxylic acids is 1. The van der Waals surface area contributed by atoms with Crippen molar-refractivity contribution in [3.05, 3.63) is 28.5 Å². The fourth-order valence-corrected chi connectivity index (χ4v) is 0.989. The molecule has 0 fully saturated rings. The maximum atomic E-state index is 12.9. The molecule has 0 spiro atoms. The Morgan fingerprint density at radius 2 is 2.25 bits per heavy atom. The van der Waals surface area contributed by atoms with Gasteiger partial charge in [0.05, 0.1) is 12.1 Å². The van der Waals surface area contributed by atoms with Gasteiger partial charge >= 0.3 is 0 Å². The number of halogens is 2. The number of carbonyl (C=O) groups is 1. The number of rotatable bonds is 2. The van der Waals surface area contributed by atoms with Crippen LogP contribution in [0.15, 0.2) is 12.1 Å². The summed E-state index contributed by atoms with van der Waals surface area (Å²) in [5.74, 6) is -0.561. The molecule has 1 aromatic carbocycles. The van der Waals surface area contributed by atoms with Crippen LogP contribution in [0.3, 0.4) is 0 Å². The quantitative estimate of drug-likeness (QED) is 0.666. The molecular weight excluding hydrogens is 183 g/mol. The molecule has 4 heteroatoms. The van der Waals surface area contributed by atoms with Crippen molar-refractivity contribution in [3.8, 4) is 5.75 Å². The lowest BCUT2D eigenvalue weighted by molar-refractivity contribution is 0.112. The van der Waals surface area contributed by atoms with Crippen molar-refractivity contribution in [2.24, 2.45) is 0 Å². The molecule has 64 valence electrons. The second-order valence-corrected chi connectivity index (χ2v) is 2.53. The summed E-state index contributed by atoms with van der Waals surface area (Å²) >= 11 is 5.60. The molecule has 0 amide bonds. The largest absolute Gasteiger partial charge is 0.494 e. The molecule has 0 heterocycles. The second kappa shape index (κ2) is 3.54. The van der Waals surface area contributed by atoms with Crippen LogP contribution in [0.1, 0.15) is 10.4 Å². The lowest BCUT2D eigenvalue weighted by atomic mass is 10.2. The summed E-state index contributed by atoms with van der Waals surface area (Å²) in [5.41, 5.74) is 0.120. The van der Waals surface area contributed by atoms with Crippen molar-refractivity contribution >= 4 is 17.9 Å². The van der Waals surface area contributed by atoms with Gasteiger partial charge in [-0.3, -0.25) is 4.79 Å². The molecule has 12 heavy (non-hydrogen) atoms. The van der Waals surface area contributed by atoms with Crippen molar-refractivity contribution < 1.29 is 13.9 Å². The Labute approximate surface area is 73.9 Å². The van der Waals surface area contributed by atoms with E-state index < -0.39 is 5.82 Å². The summed E-state index contributed by atoms with van der Waals surface area (Å²) in [6.45, 7) is 0. The number of aldehydes is 1. The fourth-order valence-electron chi connectivity index (χ4n) is 0.791. The zero-order chi connectivity index (χ0) is 9.14. The minimum atomic E-state index is -0.594. The fraction of sp³-hybridized carbons (Fsp3) is 0.125. The van der Waals surface area contributed by atoms with E-state index >= 15 is 0 Å². The lowest BCUT2D eigenvalue weighted by Gasteiger charge is -2.02. The van der Waals surface area contributed by atoms with Crippen LogP contribution in [-0.2, 0) is 0 Å². The summed E-state index contributed by atoms with van der Waals surface area (Å²) < 4.78 is 17.5. The maximum Gasteiger partial charge on any atom is 0.165 e. The van der Waals surface area contributed by atoms with Gasteiger partial charge in [-0.05, 0) is 6.07 Å². The van der Waals surface area contributed by atoms with E-state index in [1.165, 1.54) is 13.2 Å². The van der Waals surface area contributed by atoms with E-state index in [4.69, 9.17) is 11.6 Å². The summed E-state index contributed by atoms with van der Waals surface area (Å²) in [6.07, 6.45) is 0.491. The summed E-state index contributed by atoms with van der Waals surface area (Å²) in [5, 5.41) is 0.184. The van der Waals surface area contributed by atoms with Gasteiger partial charge in [0.1, 0.15) is 0 Å². The van der Waals surface area contributed by atoms with Gasteiger partial charge in [-0.1, -0.05) is 11.6 Å². The highest BCUT2D eigenvalue weighted by Gasteiger charge is 2.07. The smallest absolute Gasteiger partial charge is 0.165 e. The zero-order valence-electron chi connectivity index (χ0n) is 6.30. The Morgan fingerprint density at radius 1 is 1.58 bits per heavy atom. The minimum Gasteiger partial charge on any atom is -0.494 e. The Hall–Kier alpha value is -1.09. The standard InChI is InChI=1S/C8H6ClFO2/c1-12-8-3-6(9)5(4-11)2-7(8)10/h2-4H,1H3. The normalized spacial score (nSPS) is 9.58. The van der Waals surface area contributed by atoms with Gasteiger partial charge in [-0.15, -0.1) is 0 Å². The number of benzene rings is 1. The van der Waals surface area contributed by atoms with E-state index in [2.05, 4.69) is 4.74 Å². The van der Waals surface area contributed by atoms with E-state index in [9.17, 15) is 9.18 Å². The second-order valence-electron chi connectivity index (χ2n) is 2.13. The zero-order valence-corrected chi connectivity index (χ0v) is 7.06. The number of methoxy groups -OCH3 is 1. The molecule has 0 bridgehead atoms. The van der Waals surface area contributed by atoms with Gasteiger partial charge in [0, 0.05) is 11.6 Å². The highest BCUT2D eigenvalue weighted by molar-refractivity contribution is 6.33. The van der Waals surface area contributed by atoms with Crippen molar-refractivity contribution in [2.75, 3.05) is 7.11 Å². The first-order valence-electron chi connectivity index (χ1n) is 3.17. The molecule has 2 nitrogen and oxygen atoms in total. The number of hydrogen-bond donors (Lipinski definition) is 0. The van der Waals surface area contributed by atoms with Gasteiger partial charge in [0.2, 0.25) is 0 Å². The average Bonchev–Trinajstić information content (AvgIpc) is 2.08. The summed E-state index contributed by atoms with van der Waals surface area (Å²) in [6, 6.07) is 2.30. The average molecular weight is 189 g/mol. The molecule has 0 saturated carbocycles. The van der Waals surface area contributed by atoms with Crippen LogP contribution in [0.25, 0.3) is 0 Å². The van der Waals surface area contributed by atoms with Gasteiger partial charge in [-0.2, -0.15) is 0 Å². The Kier molecular flexibility index (Phi) is 2.65. The molecule has 0 saturated heterocycles. The molecule has 1 rings (SSSR count). The Bertz CT molecular complexity index is 312. The molecule has 0 unspecified atom stereocenters. The third-order valence-electron chi connectivity index (χ3n) is 1.40. The van der Waals surface area contributed by atoms with Gasteiger partial charge in [0.25, 0.3) is 0 Å². The molecule has 0 aromatic heterocycles. The van der Waals surface area contributed by atoms with E-state index in [-0.39, 0.29) is 16.3 Å². The third-order valence-corrected chi connectivity index (χ3v) is 1.73. The van der Waals surface area contributed by atoms with Crippen LogP contribution in [0, 0.1) is 5.82 Å². The molecule has 0 N–H and O–H groups in total. The Morgan fingerprint density at radius 3 is 2.75 bits per heavy atom. The first-order valence-corrected chi connectivity index (χ1v) is 3.55. The maximum absolute atomic E-state index is 12.9. The molecule has 0 aliphatic heterocycles. The highest BCUT2D eigenvalue weighted by Crippen LogP contribution is 2.24. The van der Waals surface area contributed by atoms with E-state index in [0.29, 0.717) is 6.29 Å². The van der Waals surface area contributed by atoms with E-state index in [1.807, 2.05) is 0 Å². The lowest BCUT2D eigenvalue weighted by Crippen LogP contribution is -1.91. The van der Waals surface area contributed by atoms with Crippen LogP contribution in [0.4, 0.5) is 4.39 Å². The topological polar surface area (TPSA) is 26.3 Å². The Balaban J connectivity index is 3.25. The molecule has 0 atom stereocenters. The summed E-state index contributed by atoms with van der Waals surface area (Å²) in [4.78, 5) is 10.3. The van der Waals surface area contributed by atoms with Crippen LogP contribution < -0.4 is 4.74 Å². The molecular formula is C8H6ClFO2. The molecule has 0 aliphatic rings. The number of hydrogen-bond acceptors (Lipinski definition) is 2. The molecule has 0 radical (unpaired) electrons. The first kappa shape index (κ1) is 9.00. The first-order chi connectivity index (χ1) is 5.69. The molecule has 1 aromatic rings. The van der Waals surface area contributed by atoms with Crippen LogP contribution in [-0.4, -0.2) is 13.4 Å². The van der Waals surface area contributed by atoms with Crippen molar-refractivity contribution in [2.45, 2.75) is 0 Å². The van der Waals surface area contributed by atoms with Gasteiger partial charge in [-0.25, -0.2) is 4.39 Å².